The zero-order valence-corrected chi connectivity index (χ0v) is 50.4. The normalized spacial score (nSPS) is 19.5. The van der Waals surface area contributed by atoms with Crippen molar-refractivity contribution < 1.29 is 78.5 Å². The topological polar surface area (TPSA) is 360 Å². The number of anilines is 1. The lowest BCUT2D eigenvalue weighted by Gasteiger charge is -2.33. The Labute approximate surface area is 538 Å². The Bertz CT molecular complexity index is 4140. The number of ether oxygens (including phenoxy) is 1. The number of nitrogens with one attached hydrogen (secondary N) is 6. The number of halogens is 6. The molecule has 12 N–H and O–H groups in total. The molecule has 0 spiro atoms. The first-order valence-corrected chi connectivity index (χ1v) is 28.9. The number of nitrogens with zero attached hydrogens (tertiary/aromatic N) is 1. The van der Waals surface area contributed by atoms with E-state index >= 15 is 19.2 Å². The van der Waals surface area contributed by atoms with Crippen molar-refractivity contribution in [2.45, 2.75) is 55.0 Å². The molecule has 90 heavy (non-hydrogen) atoms. The lowest BCUT2D eigenvalue weighted by atomic mass is 9.89. The van der Waals surface area contributed by atoms with Gasteiger partial charge in [-0.3, -0.25) is 38.4 Å². The fourth-order valence-electron chi connectivity index (χ4n) is 10.4. The maximum Gasteiger partial charge on any atom is 0.330 e. The van der Waals surface area contributed by atoms with Crippen LogP contribution in [0.15, 0.2) is 115 Å². The molecule has 0 aromatic heterocycles. The number of aromatic hydroxyl groups is 5. The van der Waals surface area contributed by atoms with Crippen LogP contribution in [-0.2, 0) is 44.8 Å². The number of carbonyl (C=O) groups is 9. The van der Waals surface area contributed by atoms with E-state index in [0.29, 0.717) is 5.56 Å². The second kappa shape index (κ2) is 25.5. The third-order valence-electron chi connectivity index (χ3n) is 15.2. The van der Waals surface area contributed by atoms with Crippen molar-refractivity contribution in [2.75, 3.05) is 12.4 Å². The smallest absolute Gasteiger partial charge is 0.330 e. The Morgan fingerprint density at radius 2 is 1.12 bits per heavy atom. The molecule has 462 valence electrons. The van der Waals surface area contributed by atoms with Gasteiger partial charge in [0.15, 0.2) is 34.8 Å². The summed E-state index contributed by atoms with van der Waals surface area (Å²) in [7, 11) is 1.17. The number of phenols is 5. The number of carbonyl (C=O) groups excluding carboxylic acids is 8. The number of carboxylic acids is 1. The third-order valence-corrected chi connectivity index (χ3v) is 16.9. The van der Waals surface area contributed by atoms with Crippen molar-refractivity contribution in [3.8, 4) is 51.4 Å². The summed E-state index contributed by atoms with van der Waals surface area (Å²) in [6, 6.07) is 12.1. The zero-order valence-electron chi connectivity index (χ0n) is 45.9. The van der Waals surface area contributed by atoms with E-state index in [2.05, 4.69) is 31.9 Å². The van der Waals surface area contributed by atoms with Gasteiger partial charge in [0.1, 0.15) is 41.7 Å². The van der Waals surface area contributed by atoms with Crippen LogP contribution in [0.3, 0.4) is 0 Å². The van der Waals surface area contributed by atoms with Crippen LogP contribution in [0.5, 0.6) is 40.2 Å². The van der Waals surface area contributed by atoms with E-state index in [1.165, 1.54) is 85.9 Å². The van der Waals surface area contributed by atoms with Crippen molar-refractivity contribution >= 4 is 128 Å². The molecule has 7 atom stereocenters. The van der Waals surface area contributed by atoms with Gasteiger partial charge in [0.2, 0.25) is 41.2 Å². The Balaban J connectivity index is 1.16. The lowest BCUT2D eigenvalue weighted by molar-refractivity contribution is -0.145. The minimum atomic E-state index is -2.12. The first kappa shape index (κ1) is 63.5. The highest BCUT2D eigenvalue weighted by molar-refractivity contribution is 6.45. The summed E-state index contributed by atoms with van der Waals surface area (Å²) < 4.78 is 6.36. The molecule has 4 heterocycles. The standard InChI is InChI=1S/C61H45Cl6N7O16/c1-74-43(56(83)73-48(61(88)89)24-4-7-30(75)8-5-24)12-23-2-9-31(10-3-23)90-44-21-26-14-32(50(44)77)25-6-11-41-33(13-25)34(54(81)68-41)22-42(69-59(86)49(76)29-19-39(66)53(80)40(67)20-29)55(82)70-46(27-15-35(62)51(78)36(63)16-27)57(84)71-45(26)58(85)72-47(60(74)87)28-17-37(64)52(79)38(65)18-28/h2-11,13-21,34,42-43,45-48,75,77-80H,12,22H2,1H3,(H,68,81)(H,69,86)(H,70,82)(H,71,84)(H,72,85)(H,73,83)(H,88,89)/t34?,42-,43+,45-,46-,47-,48-/m1/s1. The van der Waals surface area contributed by atoms with E-state index in [1.807, 2.05) is 0 Å². The van der Waals surface area contributed by atoms with Crippen molar-refractivity contribution in [3.05, 3.63) is 184 Å². The van der Waals surface area contributed by atoms with Gasteiger partial charge in [-0.2, -0.15) is 0 Å². The molecule has 0 saturated heterocycles. The van der Waals surface area contributed by atoms with E-state index in [1.54, 1.807) is 0 Å². The number of phenolic OH excluding ortho intramolecular Hbond substituents is 5. The van der Waals surface area contributed by atoms with E-state index in [4.69, 9.17) is 74.3 Å². The molecular formula is C61H45Cl6N7O16. The summed E-state index contributed by atoms with van der Waals surface area (Å²) in [6.07, 6.45) is -0.997. The van der Waals surface area contributed by atoms with Gasteiger partial charge < -0.3 is 72.2 Å². The predicted molar refractivity (Wildman–Crippen MR) is 326 cm³/mol. The highest BCUT2D eigenvalue weighted by Gasteiger charge is 2.42. The molecule has 7 bridgehead atoms. The maximum atomic E-state index is 15.8. The van der Waals surface area contributed by atoms with Crippen LogP contribution in [0.2, 0.25) is 30.1 Å². The SMILES string of the molecule is CN1C(=O)[C@@H](c2cc(Cl)c(O)c(Cl)c2)NC(=O)[C@@H]2NC(=O)[C@@H](c3cc(Cl)c(O)c(Cl)c3)NC(=O)[C@H](NC(=O)C(=O)c3cc(Cl)c(O)c(Cl)c3)CC3C(=O)Nc4ccc(cc43)-c3cc2cc(c3O)Oc2ccc(cc2)C[C@H]1C(=O)N[C@@H](C(=O)O)c1ccc(O)cc1. The molecule has 0 aliphatic carbocycles. The molecule has 7 aromatic carbocycles. The number of hydrogen-bond acceptors (Lipinski definition) is 15. The van der Waals surface area contributed by atoms with E-state index in [-0.39, 0.29) is 68.3 Å². The lowest BCUT2D eigenvalue weighted by Crippen LogP contribution is -2.54. The summed E-state index contributed by atoms with van der Waals surface area (Å²) in [5.74, 6) is -15.5. The molecular weight excluding hydrogens is 1300 g/mol. The number of benzene rings is 7. The van der Waals surface area contributed by atoms with E-state index in [9.17, 15) is 54.6 Å². The summed E-state index contributed by atoms with van der Waals surface area (Å²) in [6.45, 7) is 0. The molecule has 7 amide bonds. The quantitative estimate of drug-likeness (QED) is 0.0475. The number of rotatable bonds is 9. The first-order valence-electron chi connectivity index (χ1n) is 26.6. The minimum absolute atomic E-state index is 0.0272. The second-order valence-electron chi connectivity index (χ2n) is 20.9. The number of fused-ring (bicyclic) bond motifs is 11. The Morgan fingerprint density at radius 1 is 0.600 bits per heavy atom. The molecule has 0 saturated carbocycles. The molecule has 7 aromatic rings. The van der Waals surface area contributed by atoms with Crippen molar-refractivity contribution in [1.29, 1.82) is 0 Å². The summed E-state index contributed by atoms with van der Waals surface area (Å²) in [5.41, 5.74) is -0.421. The van der Waals surface area contributed by atoms with Gasteiger partial charge >= 0.3 is 5.97 Å². The van der Waals surface area contributed by atoms with Crippen LogP contribution in [-0.4, -0.2) is 108 Å². The number of amides is 7. The van der Waals surface area contributed by atoms with Crippen LogP contribution in [0.4, 0.5) is 5.69 Å². The molecule has 1 unspecified atom stereocenters. The number of likely N-dealkylation sites (N-methyl/N-ethyl adjacent to an activating group) is 1. The number of hydrogen-bond donors (Lipinski definition) is 12. The maximum absolute atomic E-state index is 15.8. The van der Waals surface area contributed by atoms with Crippen molar-refractivity contribution in [1.82, 2.24) is 31.5 Å². The first-order chi connectivity index (χ1) is 42.6. The highest BCUT2D eigenvalue weighted by atomic mass is 35.5. The summed E-state index contributed by atoms with van der Waals surface area (Å²) in [5, 5.41) is 76.9. The van der Waals surface area contributed by atoms with Crippen LogP contribution in [0.1, 0.15) is 80.2 Å². The van der Waals surface area contributed by atoms with Gasteiger partial charge in [0, 0.05) is 30.3 Å². The second-order valence-corrected chi connectivity index (χ2v) is 23.4. The van der Waals surface area contributed by atoms with Crippen molar-refractivity contribution in [3.63, 3.8) is 0 Å². The van der Waals surface area contributed by atoms with Crippen LogP contribution in [0.25, 0.3) is 11.1 Å². The predicted octanol–water partition coefficient (Wildman–Crippen LogP) is 8.60. The molecule has 29 heteroatoms. The molecule has 4 aliphatic rings. The summed E-state index contributed by atoms with van der Waals surface area (Å²) in [4.78, 5) is 132. The van der Waals surface area contributed by atoms with Gasteiger partial charge in [0.05, 0.1) is 36.1 Å². The average Bonchev–Trinajstić information content (AvgIpc) is 1.41. The fourth-order valence-corrected chi connectivity index (χ4v) is 11.9. The largest absolute Gasteiger partial charge is 0.508 e. The zero-order chi connectivity index (χ0) is 64.9. The fraction of sp³-hybridized carbons (Fsp3) is 0.164. The number of Topliss-reactive ketones (excluding diaryl/α,β-unsaturated/α-hetero) is 1. The third kappa shape index (κ3) is 12.9. The molecule has 0 radical (unpaired) electrons. The van der Waals surface area contributed by atoms with Gasteiger partial charge in [-0.15, -0.1) is 0 Å². The van der Waals surface area contributed by atoms with Crippen molar-refractivity contribution in [2.24, 2.45) is 0 Å². The van der Waals surface area contributed by atoms with Gasteiger partial charge in [0.25, 0.3) is 5.91 Å². The Hall–Kier alpha value is -9.49. The Kier molecular flexibility index (Phi) is 18.0. The van der Waals surface area contributed by atoms with Crippen LogP contribution >= 0.6 is 69.6 Å². The van der Waals surface area contributed by atoms with Crippen LogP contribution < -0.4 is 36.6 Å². The molecule has 4 aliphatic heterocycles. The minimum Gasteiger partial charge on any atom is -0.508 e. The monoisotopic (exact) mass is 1340 g/mol. The molecule has 0 fully saturated rings. The van der Waals surface area contributed by atoms with Crippen LogP contribution in [0, 0.1) is 0 Å². The molecule has 11 rings (SSSR count). The highest BCUT2D eigenvalue weighted by Crippen LogP contribution is 2.46. The molecule has 23 nitrogen and oxygen atoms in total. The van der Waals surface area contributed by atoms with E-state index in [0.717, 1.165) is 41.3 Å². The number of ketones is 1. The number of carboxylic acid groups (broad SMARTS) is 1. The summed E-state index contributed by atoms with van der Waals surface area (Å²) >= 11 is 38.0. The Morgan fingerprint density at radius 3 is 1.69 bits per heavy atom. The number of aliphatic carboxylic acids is 1. The van der Waals surface area contributed by atoms with E-state index < -0.39 is 160 Å². The van der Waals surface area contributed by atoms with Gasteiger partial charge in [-0.05, 0) is 130 Å². The van der Waals surface area contributed by atoms with Gasteiger partial charge in [-0.25, -0.2) is 4.79 Å². The van der Waals surface area contributed by atoms with Gasteiger partial charge in [-0.1, -0.05) is 99.9 Å². The average molecular weight is 1340 g/mol.